The first kappa shape index (κ1) is 21.0. The van der Waals surface area contributed by atoms with Gasteiger partial charge in [0, 0.05) is 26.6 Å². The van der Waals surface area contributed by atoms with Crippen molar-refractivity contribution in [3.63, 3.8) is 0 Å². The van der Waals surface area contributed by atoms with E-state index in [1.165, 1.54) is 18.4 Å². The zero-order chi connectivity index (χ0) is 19.2. The van der Waals surface area contributed by atoms with Gasteiger partial charge < -0.3 is 9.64 Å². The van der Waals surface area contributed by atoms with Crippen LogP contribution < -0.4 is 0 Å². The zero-order valence-corrected chi connectivity index (χ0v) is 17.4. The molecule has 0 spiro atoms. The normalized spacial score (nSPS) is 22.4. The van der Waals surface area contributed by atoms with E-state index < -0.39 is 0 Å². The van der Waals surface area contributed by atoms with E-state index in [9.17, 15) is 4.79 Å². The summed E-state index contributed by atoms with van der Waals surface area (Å²) < 4.78 is 6.00. The van der Waals surface area contributed by atoms with Crippen molar-refractivity contribution in [1.29, 1.82) is 0 Å². The summed E-state index contributed by atoms with van der Waals surface area (Å²) >= 11 is 0. The van der Waals surface area contributed by atoms with Crippen molar-refractivity contribution in [2.24, 2.45) is 11.3 Å². The van der Waals surface area contributed by atoms with Gasteiger partial charge in [-0.1, -0.05) is 50.6 Å². The van der Waals surface area contributed by atoms with Gasteiger partial charge >= 0.3 is 0 Å². The van der Waals surface area contributed by atoms with E-state index in [1.807, 2.05) is 23.1 Å². The Labute approximate surface area is 160 Å². The van der Waals surface area contributed by atoms with Gasteiger partial charge in [0.15, 0.2) is 0 Å². The van der Waals surface area contributed by atoms with Gasteiger partial charge in [-0.15, -0.1) is 0 Å². The zero-order valence-electron chi connectivity index (χ0n) is 17.4. The van der Waals surface area contributed by atoms with Crippen molar-refractivity contribution in [3.05, 3.63) is 35.9 Å². The summed E-state index contributed by atoms with van der Waals surface area (Å²) in [6.07, 6.45) is 5.74. The molecule has 0 saturated carbocycles. The van der Waals surface area contributed by atoms with Gasteiger partial charge in [0.05, 0.1) is 5.60 Å². The van der Waals surface area contributed by atoms with Gasteiger partial charge in [-0.2, -0.15) is 0 Å². The molecule has 2 rings (SSSR count). The predicted molar refractivity (Wildman–Crippen MR) is 108 cm³/mol. The monoisotopic (exact) mass is 359 g/mol. The highest BCUT2D eigenvalue weighted by molar-refractivity contribution is 5.73. The number of hydrogen-bond donors (Lipinski definition) is 0. The maximum atomic E-state index is 12.2. The molecule has 26 heavy (non-hydrogen) atoms. The van der Waals surface area contributed by atoms with Crippen molar-refractivity contribution >= 4 is 5.91 Å². The lowest BCUT2D eigenvalue weighted by molar-refractivity contribution is -0.132. The molecule has 1 fully saturated rings. The maximum Gasteiger partial charge on any atom is 0.219 e. The third kappa shape index (κ3) is 6.42. The van der Waals surface area contributed by atoms with E-state index in [0.717, 1.165) is 32.4 Å². The predicted octanol–water partition coefficient (Wildman–Crippen LogP) is 5.44. The first-order chi connectivity index (χ1) is 12.2. The Hall–Kier alpha value is -1.35. The second-order valence-corrected chi connectivity index (χ2v) is 9.14. The molecule has 0 aliphatic carbocycles. The molecule has 0 aromatic heterocycles. The minimum absolute atomic E-state index is 0.0598. The van der Waals surface area contributed by atoms with Crippen LogP contribution in [0.4, 0.5) is 0 Å². The van der Waals surface area contributed by atoms with Crippen LogP contribution in [0.25, 0.3) is 0 Å². The van der Waals surface area contributed by atoms with E-state index in [1.54, 1.807) is 6.92 Å². The summed E-state index contributed by atoms with van der Waals surface area (Å²) in [5, 5.41) is 0. The molecule has 0 N–H and O–H groups in total. The second-order valence-electron chi connectivity index (χ2n) is 9.14. The van der Waals surface area contributed by atoms with Crippen molar-refractivity contribution < 1.29 is 9.53 Å². The smallest absolute Gasteiger partial charge is 0.219 e. The average Bonchev–Trinajstić information content (AvgIpc) is 2.57. The first-order valence-electron chi connectivity index (χ1n) is 10.1. The average molecular weight is 360 g/mol. The lowest BCUT2D eigenvalue weighted by atomic mass is 9.68. The van der Waals surface area contributed by atoms with Gasteiger partial charge in [0.2, 0.25) is 5.91 Å². The van der Waals surface area contributed by atoms with E-state index >= 15 is 0 Å². The molecule has 1 atom stereocenters. The Balaban J connectivity index is 2.06. The summed E-state index contributed by atoms with van der Waals surface area (Å²) in [5.41, 5.74) is 1.43. The molecule has 1 saturated heterocycles. The summed E-state index contributed by atoms with van der Waals surface area (Å²) in [4.78, 5) is 14.2. The molecular formula is C23H37NO2. The molecule has 146 valence electrons. The molecule has 3 heteroatoms. The Morgan fingerprint density at radius 3 is 2.46 bits per heavy atom. The second kappa shape index (κ2) is 9.03. The number of hydrogen-bond acceptors (Lipinski definition) is 2. The van der Waals surface area contributed by atoms with Crippen LogP contribution in [0.3, 0.4) is 0 Å². The molecular weight excluding hydrogens is 322 g/mol. The molecule has 3 nitrogen and oxygen atoms in total. The highest BCUT2D eigenvalue weighted by Gasteiger charge is 2.40. The maximum absolute atomic E-state index is 12.2. The molecule has 1 amide bonds. The third-order valence-corrected chi connectivity index (χ3v) is 5.75. The quantitative estimate of drug-likeness (QED) is 0.619. The molecule has 1 aliphatic rings. The minimum Gasteiger partial charge on any atom is -0.376 e. The Bertz CT molecular complexity index is 567. The van der Waals surface area contributed by atoms with Crippen LogP contribution in [-0.4, -0.2) is 29.6 Å². The SMILES string of the molecule is CC(=O)N(CC[C@]1(CCC(C)C)CCOC(C)(C)C1)Cc1ccccc1. The Morgan fingerprint density at radius 2 is 1.88 bits per heavy atom. The minimum atomic E-state index is -0.0598. The van der Waals surface area contributed by atoms with Crippen LogP contribution in [0.2, 0.25) is 0 Å². The highest BCUT2D eigenvalue weighted by atomic mass is 16.5. The van der Waals surface area contributed by atoms with Crippen LogP contribution in [0, 0.1) is 11.3 Å². The van der Waals surface area contributed by atoms with Crippen LogP contribution in [0.5, 0.6) is 0 Å². The van der Waals surface area contributed by atoms with E-state index in [2.05, 4.69) is 39.8 Å². The Morgan fingerprint density at radius 1 is 1.19 bits per heavy atom. The summed E-state index contributed by atoms with van der Waals surface area (Å²) in [6, 6.07) is 10.3. The largest absolute Gasteiger partial charge is 0.376 e. The molecule has 1 heterocycles. The van der Waals surface area contributed by atoms with Gasteiger partial charge in [-0.25, -0.2) is 0 Å². The van der Waals surface area contributed by atoms with Crippen LogP contribution >= 0.6 is 0 Å². The Kier molecular flexibility index (Phi) is 7.28. The molecule has 0 unspecified atom stereocenters. The van der Waals surface area contributed by atoms with Crippen LogP contribution in [-0.2, 0) is 16.1 Å². The fraction of sp³-hybridized carbons (Fsp3) is 0.696. The van der Waals surface area contributed by atoms with E-state index in [0.29, 0.717) is 12.5 Å². The number of ether oxygens (including phenoxy) is 1. The van der Waals surface area contributed by atoms with E-state index in [4.69, 9.17) is 4.74 Å². The van der Waals surface area contributed by atoms with Crippen LogP contribution in [0.15, 0.2) is 30.3 Å². The van der Waals surface area contributed by atoms with Crippen molar-refractivity contribution in [2.75, 3.05) is 13.2 Å². The summed E-state index contributed by atoms with van der Waals surface area (Å²) in [7, 11) is 0. The first-order valence-corrected chi connectivity index (χ1v) is 10.1. The molecule has 0 bridgehead atoms. The summed E-state index contributed by atoms with van der Waals surface area (Å²) in [6.45, 7) is 13.1. The number of rotatable bonds is 8. The molecule has 1 aromatic carbocycles. The third-order valence-electron chi connectivity index (χ3n) is 5.75. The molecule has 1 aromatic rings. The fourth-order valence-electron chi connectivity index (χ4n) is 4.26. The highest BCUT2D eigenvalue weighted by Crippen LogP contribution is 2.45. The van der Waals surface area contributed by atoms with E-state index in [-0.39, 0.29) is 16.9 Å². The topological polar surface area (TPSA) is 29.5 Å². The van der Waals surface area contributed by atoms with Crippen molar-refractivity contribution in [1.82, 2.24) is 4.90 Å². The summed E-state index contributed by atoms with van der Waals surface area (Å²) in [5.74, 6) is 0.880. The lowest BCUT2D eigenvalue weighted by Crippen LogP contribution is -2.43. The van der Waals surface area contributed by atoms with Crippen LogP contribution in [0.1, 0.15) is 72.3 Å². The number of benzene rings is 1. The number of nitrogens with zero attached hydrogens (tertiary/aromatic N) is 1. The molecule has 0 radical (unpaired) electrons. The van der Waals surface area contributed by atoms with Gasteiger partial charge in [0.25, 0.3) is 0 Å². The lowest BCUT2D eigenvalue weighted by Gasteiger charge is -2.46. The van der Waals surface area contributed by atoms with Gasteiger partial charge in [-0.3, -0.25) is 4.79 Å². The standard InChI is InChI=1S/C23H37NO2/c1-19(2)11-12-23(14-16-26-22(4,5)18-23)13-15-24(20(3)25)17-21-9-7-6-8-10-21/h6-10,19H,11-18H2,1-5H3/t23-/m1/s1. The number of amides is 1. The molecule has 1 aliphatic heterocycles. The van der Waals surface area contributed by atoms with Gasteiger partial charge in [-0.05, 0) is 56.4 Å². The number of carbonyl (C=O) groups excluding carboxylic acids is 1. The van der Waals surface area contributed by atoms with Crippen molar-refractivity contribution in [2.45, 2.75) is 78.9 Å². The fourth-order valence-corrected chi connectivity index (χ4v) is 4.26. The number of carbonyl (C=O) groups is 1. The van der Waals surface area contributed by atoms with Crippen molar-refractivity contribution in [3.8, 4) is 0 Å². The van der Waals surface area contributed by atoms with Gasteiger partial charge in [0.1, 0.15) is 0 Å².